The molecule has 1 amide bonds. The fraction of sp³-hybridized carbons (Fsp3) is 0.0714. The van der Waals surface area contributed by atoms with Crippen molar-refractivity contribution in [2.45, 2.75) is 0 Å². The van der Waals surface area contributed by atoms with Gasteiger partial charge >= 0.3 is 0 Å². The predicted octanol–water partition coefficient (Wildman–Crippen LogP) is 3.81. The van der Waals surface area contributed by atoms with Gasteiger partial charge in [-0.15, -0.1) is 0 Å². The zero-order chi connectivity index (χ0) is 15.4. The summed E-state index contributed by atoms with van der Waals surface area (Å²) >= 11 is 5.86. The SMILES string of the molecule is O=C(CNc1cc(F)cc(F)c1F)Nc1ccccc1Cl. The number of hydrogen-bond acceptors (Lipinski definition) is 2. The Morgan fingerprint density at radius 2 is 1.81 bits per heavy atom. The van der Waals surface area contributed by atoms with Crippen LogP contribution in [-0.2, 0) is 4.79 Å². The first kappa shape index (κ1) is 15.2. The van der Waals surface area contributed by atoms with Gasteiger partial charge in [-0.2, -0.15) is 0 Å². The van der Waals surface area contributed by atoms with Crippen molar-refractivity contribution in [1.82, 2.24) is 0 Å². The minimum Gasteiger partial charge on any atom is -0.374 e. The van der Waals surface area contributed by atoms with Crippen LogP contribution in [0.1, 0.15) is 0 Å². The Balaban J connectivity index is 2.00. The van der Waals surface area contributed by atoms with Gasteiger partial charge in [0.15, 0.2) is 11.6 Å². The molecule has 0 bridgehead atoms. The molecule has 3 nitrogen and oxygen atoms in total. The molecule has 0 aromatic heterocycles. The molecule has 0 unspecified atom stereocenters. The lowest BCUT2D eigenvalue weighted by molar-refractivity contribution is -0.114. The molecule has 7 heteroatoms. The Morgan fingerprint density at radius 3 is 2.52 bits per heavy atom. The van der Waals surface area contributed by atoms with Crippen LogP contribution in [0.4, 0.5) is 24.5 Å². The minimum atomic E-state index is -1.33. The van der Waals surface area contributed by atoms with Crippen LogP contribution >= 0.6 is 11.6 Å². The highest BCUT2D eigenvalue weighted by molar-refractivity contribution is 6.33. The number of halogens is 4. The minimum absolute atomic E-state index is 0.342. The predicted molar refractivity (Wildman–Crippen MR) is 74.9 cm³/mol. The van der Waals surface area contributed by atoms with Gasteiger partial charge in [-0.1, -0.05) is 23.7 Å². The number of para-hydroxylation sites is 1. The van der Waals surface area contributed by atoms with Crippen molar-refractivity contribution in [3.8, 4) is 0 Å². The summed E-state index contributed by atoms with van der Waals surface area (Å²) in [7, 11) is 0. The lowest BCUT2D eigenvalue weighted by atomic mass is 10.2. The fourth-order valence-corrected chi connectivity index (χ4v) is 1.80. The molecule has 0 saturated heterocycles. The van der Waals surface area contributed by atoms with E-state index in [0.717, 1.165) is 6.07 Å². The second kappa shape index (κ2) is 6.49. The van der Waals surface area contributed by atoms with E-state index in [1.54, 1.807) is 24.3 Å². The van der Waals surface area contributed by atoms with E-state index in [-0.39, 0.29) is 6.54 Å². The van der Waals surface area contributed by atoms with Crippen LogP contribution in [0.3, 0.4) is 0 Å². The van der Waals surface area contributed by atoms with Crippen molar-refractivity contribution < 1.29 is 18.0 Å². The maximum Gasteiger partial charge on any atom is 0.243 e. The monoisotopic (exact) mass is 314 g/mol. The van der Waals surface area contributed by atoms with E-state index in [4.69, 9.17) is 11.6 Å². The van der Waals surface area contributed by atoms with Crippen molar-refractivity contribution in [2.75, 3.05) is 17.2 Å². The molecule has 0 aliphatic rings. The Morgan fingerprint density at radius 1 is 1.10 bits per heavy atom. The quantitative estimate of drug-likeness (QED) is 0.843. The Kier molecular flexibility index (Phi) is 4.70. The summed E-state index contributed by atoms with van der Waals surface area (Å²) in [5, 5.41) is 5.15. The number of benzene rings is 2. The number of carbonyl (C=O) groups is 1. The number of anilines is 2. The molecule has 0 aliphatic heterocycles. The molecule has 0 spiro atoms. The van der Waals surface area contributed by atoms with Crippen LogP contribution in [0.15, 0.2) is 36.4 Å². The molecule has 110 valence electrons. The maximum absolute atomic E-state index is 13.4. The molecule has 0 fully saturated rings. The number of hydrogen-bond donors (Lipinski definition) is 2. The Bertz CT molecular complexity index is 679. The maximum atomic E-state index is 13.4. The van der Waals surface area contributed by atoms with Gasteiger partial charge in [0.1, 0.15) is 5.82 Å². The molecular formula is C14H10ClF3N2O. The van der Waals surface area contributed by atoms with E-state index in [2.05, 4.69) is 10.6 Å². The second-order valence-electron chi connectivity index (χ2n) is 4.13. The first-order valence-electron chi connectivity index (χ1n) is 5.90. The molecule has 21 heavy (non-hydrogen) atoms. The number of carbonyl (C=O) groups excluding carboxylic acids is 1. The summed E-state index contributed by atoms with van der Waals surface area (Å²) < 4.78 is 39.3. The van der Waals surface area contributed by atoms with Crippen LogP contribution in [-0.4, -0.2) is 12.5 Å². The van der Waals surface area contributed by atoms with Crippen molar-refractivity contribution in [1.29, 1.82) is 0 Å². The summed E-state index contributed by atoms with van der Waals surface area (Å²) in [4.78, 5) is 11.7. The third kappa shape index (κ3) is 3.88. The van der Waals surface area contributed by atoms with Gasteiger partial charge in [-0.25, -0.2) is 13.2 Å². The van der Waals surface area contributed by atoms with E-state index in [1.807, 2.05) is 0 Å². The number of nitrogens with one attached hydrogen (secondary N) is 2. The highest BCUT2D eigenvalue weighted by Crippen LogP contribution is 2.21. The van der Waals surface area contributed by atoms with E-state index < -0.39 is 29.0 Å². The van der Waals surface area contributed by atoms with Gasteiger partial charge in [0.25, 0.3) is 0 Å². The van der Waals surface area contributed by atoms with Crippen LogP contribution in [0.25, 0.3) is 0 Å². The van der Waals surface area contributed by atoms with Crippen molar-refractivity contribution in [3.05, 3.63) is 58.9 Å². The molecule has 0 heterocycles. The fourth-order valence-electron chi connectivity index (χ4n) is 1.62. The van der Waals surface area contributed by atoms with Crippen LogP contribution in [0.2, 0.25) is 5.02 Å². The summed E-state index contributed by atoms with van der Waals surface area (Å²) in [5.41, 5.74) is -0.0429. The average molecular weight is 315 g/mol. The van der Waals surface area contributed by atoms with Crippen molar-refractivity contribution >= 4 is 28.9 Å². The number of rotatable bonds is 4. The van der Waals surface area contributed by atoms with Crippen molar-refractivity contribution in [2.24, 2.45) is 0 Å². The van der Waals surface area contributed by atoms with Gasteiger partial charge in [0, 0.05) is 12.1 Å². The zero-order valence-electron chi connectivity index (χ0n) is 10.6. The van der Waals surface area contributed by atoms with Gasteiger partial charge in [-0.05, 0) is 12.1 Å². The highest BCUT2D eigenvalue weighted by atomic mass is 35.5. The van der Waals surface area contributed by atoms with Crippen molar-refractivity contribution in [3.63, 3.8) is 0 Å². The zero-order valence-corrected chi connectivity index (χ0v) is 11.3. The molecule has 2 aromatic carbocycles. The summed E-state index contributed by atoms with van der Waals surface area (Å²) in [6.07, 6.45) is 0. The van der Waals surface area contributed by atoms with E-state index in [1.165, 1.54) is 0 Å². The van der Waals surface area contributed by atoms with Gasteiger partial charge in [0.05, 0.1) is 22.9 Å². The van der Waals surface area contributed by atoms with Crippen LogP contribution in [0.5, 0.6) is 0 Å². The molecule has 0 atom stereocenters. The topological polar surface area (TPSA) is 41.1 Å². The largest absolute Gasteiger partial charge is 0.374 e. The van der Waals surface area contributed by atoms with E-state index in [9.17, 15) is 18.0 Å². The molecule has 2 aromatic rings. The van der Waals surface area contributed by atoms with E-state index in [0.29, 0.717) is 16.8 Å². The smallest absolute Gasteiger partial charge is 0.243 e. The van der Waals surface area contributed by atoms with Gasteiger partial charge < -0.3 is 10.6 Å². The standard InChI is InChI=1S/C14H10ClF3N2O/c15-9-3-1-2-4-11(9)20-13(21)7-19-12-6-8(16)5-10(17)14(12)18/h1-6,19H,7H2,(H,20,21). The second-order valence-corrected chi connectivity index (χ2v) is 4.54. The lowest BCUT2D eigenvalue weighted by Gasteiger charge is -2.10. The summed E-state index contributed by atoms with van der Waals surface area (Å²) in [5.74, 6) is -4.05. The lowest BCUT2D eigenvalue weighted by Crippen LogP contribution is -2.22. The molecule has 0 saturated carbocycles. The third-order valence-corrected chi connectivity index (χ3v) is 2.91. The molecule has 2 N–H and O–H groups in total. The summed E-state index contributed by atoms with van der Waals surface area (Å²) in [6.45, 7) is -0.370. The first-order valence-corrected chi connectivity index (χ1v) is 6.28. The molecular weight excluding hydrogens is 305 g/mol. The first-order chi connectivity index (χ1) is 9.97. The van der Waals surface area contributed by atoms with Crippen LogP contribution in [0, 0.1) is 17.5 Å². The molecule has 0 radical (unpaired) electrons. The Labute approximate surface area is 123 Å². The Hall–Kier alpha value is -2.21. The number of amides is 1. The van der Waals surface area contributed by atoms with Gasteiger partial charge in [0.2, 0.25) is 5.91 Å². The average Bonchev–Trinajstić information content (AvgIpc) is 2.44. The molecule has 2 rings (SSSR count). The summed E-state index contributed by atoms with van der Waals surface area (Å²) in [6, 6.07) is 7.73. The molecule has 0 aliphatic carbocycles. The van der Waals surface area contributed by atoms with Crippen LogP contribution < -0.4 is 10.6 Å². The normalized spacial score (nSPS) is 10.3. The third-order valence-electron chi connectivity index (χ3n) is 2.58. The van der Waals surface area contributed by atoms with E-state index >= 15 is 0 Å². The van der Waals surface area contributed by atoms with Gasteiger partial charge in [-0.3, -0.25) is 4.79 Å². The highest BCUT2D eigenvalue weighted by Gasteiger charge is 2.12.